The fraction of sp³-hybridized carbons (Fsp3) is 0.625. The molecule has 4 rings (SSSR count). The first-order valence-corrected chi connectivity index (χ1v) is 10.9. The van der Waals surface area contributed by atoms with E-state index in [0.29, 0.717) is 12.8 Å². The highest BCUT2D eigenvalue weighted by atomic mass is 16.6. The minimum atomic E-state index is -0.530. The van der Waals surface area contributed by atoms with Gasteiger partial charge in [0.1, 0.15) is 18.9 Å². The zero-order chi connectivity index (χ0) is 21.5. The molecule has 1 heterocycles. The molecule has 6 heteroatoms. The minimum absolute atomic E-state index is 0.0664. The predicted molar refractivity (Wildman–Crippen MR) is 110 cm³/mol. The Morgan fingerprint density at radius 3 is 2.70 bits per heavy atom. The average Bonchev–Trinajstić information content (AvgIpc) is 3.26. The topological polar surface area (TPSA) is 81.7 Å². The molecule has 0 radical (unpaired) electrons. The van der Waals surface area contributed by atoms with E-state index < -0.39 is 12.3 Å². The number of fused-ring (bicyclic) bond motifs is 2. The Bertz CT molecular complexity index is 822. The van der Waals surface area contributed by atoms with Gasteiger partial charge in [-0.05, 0) is 41.6 Å². The zero-order valence-electron chi connectivity index (χ0n) is 17.9. The highest BCUT2D eigenvalue weighted by Crippen LogP contribution is 2.71. The van der Waals surface area contributed by atoms with Crippen molar-refractivity contribution in [1.82, 2.24) is 5.32 Å². The lowest BCUT2D eigenvalue weighted by atomic mass is 9.65. The molecule has 162 valence electrons. The first-order chi connectivity index (χ1) is 14.3. The summed E-state index contributed by atoms with van der Waals surface area (Å²) in [5, 5.41) is 3.29. The van der Waals surface area contributed by atoms with Crippen LogP contribution in [-0.2, 0) is 30.5 Å². The largest absolute Gasteiger partial charge is 0.461 e. The molecular formula is C24H31NO5. The SMILES string of the molecule is CC1(C)C2CCC1(C)C(C1NC(CCC=O)C(=O)O1)[C@H]2C(=O)OCc1ccccc1. The summed E-state index contributed by atoms with van der Waals surface area (Å²) < 4.78 is 11.5. The van der Waals surface area contributed by atoms with Gasteiger partial charge in [0.15, 0.2) is 6.23 Å². The first kappa shape index (κ1) is 21.0. The van der Waals surface area contributed by atoms with E-state index in [0.717, 1.165) is 24.7 Å². The van der Waals surface area contributed by atoms with E-state index in [9.17, 15) is 14.4 Å². The number of nitrogens with one attached hydrogen (secondary N) is 1. The lowest BCUT2D eigenvalue weighted by molar-refractivity contribution is -0.162. The van der Waals surface area contributed by atoms with Gasteiger partial charge in [0.2, 0.25) is 0 Å². The van der Waals surface area contributed by atoms with Crippen molar-refractivity contribution in [2.45, 2.75) is 65.3 Å². The third-order valence-electron chi connectivity index (χ3n) is 8.22. The maximum atomic E-state index is 13.3. The standard InChI is InChI=1S/C24H31NO5/c1-23(2)16-11-12-24(23,3)19(20-25-17(10-7-13-26)21(27)30-20)18(16)22(28)29-14-15-8-5-4-6-9-15/h4-6,8-9,13,16-20,25H,7,10-12,14H2,1-3H3/t16?,17?,18-,19?,20?,24?/m0/s1. The fourth-order valence-electron chi connectivity index (χ4n) is 6.21. The summed E-state index contributed by atoms with van der Waals surface area (Å²) in [5.74, 6) is -0.829. The Balaban J connectivity index is 1.56. The van der Waals surface area contributed by atoms with Gasteiger partial charge in [-0.3, -0.25) is 14.9 Å². The second kappa shape index (κ2) is 7.80. The van der Waals surface area contributed by atoms with Crippen LogP contribution < -0.4 is 5.32 Å². The summed E-state index contributed by atoms with van der Waals surface area (Å²) in [4.78, 5) is 36.4. The number of ether oxygens (including phenoxy) is 2. The van der Waals surface area contributed by atoms with Crippen LogP contribution in [-0.4, -0.2) is 30.5 Å². The molecule has 3 fully saturated rings. The molecule has 1 N–H and O–H groups in total. The number of carbonyl (C=O) groups excluding carboxylic acids is 3. The van der Waals surface area contributed by atoms with Crippen LogP contribution >= 0.6 is 0 Å². The van der Waals surface area contributed by atoms with Crippen molar-refractivity contribution in [3.05, 3.63) is 35.9 Å². The van der Waals surface area contributed by atoms with Crippen molar-refractivity contribution in [2.75, 3.05) is 0 Å². The fourth-order valence-corrected chi connectivity index (χ4v) is 6.21. The number of aldehydes is 1. The molecule has 1 saturated heterocycles. The summed E-state index contributed by atoms with van der Waals surface area (Å²) >= 11 is 0. The van der Waals surface area contributed by atoms with Crippen molar-refractivity contribution in [3.8, 4) is 0 Å². The lowest BCUT2D eigenvalue weighted by Gasteiger charge is -2.42. The molecular weight excluding hydrogens is 382 g/mol. The Labute approximate surface area is 177 Å². The molecule has 6 nitrogen and oxygen atoms in total. The normalized spacial score (nSPS) is 36.5. The second-order valence-corrected chi connectivity index (χ2v) is 9.75. The van der Waals surface area contributed by atoms with Gasteiger partial charge in [0, 0.05) is 12.3 Å². The number of esters is 2. The molecule has 30 heavy (non-hydrogen) atoms. The number of carbonyl (C=O) groups is 3. The Morgan fingerprint density at radius 2 is 2.00 bits per heavy atom. The molecule has 3 aliphatic rings. The molecule has 2 aliphatic carbocycles. The van der Waals surface area contributed by atoms with E-state index in [2.05, 4.69) is 26.1 Å². The van der Waals surface area contributed by atoms with Gasteiger partial charge in [-0.25, -0.2) is 0 Å². The molecule has 5 unspecified atom stereocenters. The van der Waals surface area contributed by atoms with Crippen molar-refractivity contribution in [1.29, 1.82) is 0 Å². The van der Waals surface area contributed by atoms with E-state index in [1.807, 2.05) is 30.3 Å². The molecule has 1 aromatic carbocycles. The number of rotatable bonds is 7. The molecule has 0 aromatic heterocycles. The number of hydrogen-bond donors (Lipinski definition) is 1. The molecule has 2 bridgehead atoms. The van der Waals surface area contributed by atoms with Gasteiger partial charge in [0.25, 0.3) is 0 Å². The van der Waals surface area contributed by atoms with Gasteiger partial charge in [-0.1, -0.05) is 51.1 Å². The number of benzene rings is 1. The van der Waals surface area contributed by atoms with E-state index in [-0.39, 0.29) is 47.1 Å². The van der Waals surface area contributed by atoms with E-state index >= 15 is 0 Å². The van der Waals surface area contributed by atoms with Crippen LogP contribution in [0.4, 0.5) is 0 Å². The Hall–Kier alpha value is -2.21. The minimum Gasteiger partial charge on any atom is -0.461 e. The maximum absolute atomic E-state index is 13.3. The summed E-state index contributed by atoms with van der Waals surface area (Å²) in [6.07, 6.45) is 2.97. The third kappa shape index (κ3) is 3.25. The predicted octanol–water partition coefficient (Wildman–Crippen LogP) is 3.24. The molecule has 0 spiro atoms. The van der Waals surface area contributed by atoms with Gasteiger partial charge in [-0.2, -0.15) is 0 Å². The monoisotopic (exact) mass is 413 g/mol. The van der Waals surface area contributed by atoms with Crippen molar-refractivity contribution >= 4 is 18.2 Å². The van der Waals surface area contributed by atoms with Crippen LogP contribution in [0.15, 0.2) is 30.3 Å². The zero-order valence-corrected chi connectivity index (χ0v) is 17.9. The van der Waals surface area contributed by atoms with Crippen LogP contribution in [0, 0.1) is 28.6 Å². The van der Waals surface area contributed by atoms with Crippen molar-refractivity contribution < 1.29 is 23.9 Å². The van der Waals surface area contributed by atoms with Crippen LogP contribution in [0.1, 0.15) is 52.0 Å². The molecule has 6 atom stereocenters. The quantitative estimate of drug-likeness (QED) is 0.546. The molecule has 1 aromatic rings. The van der Waals surface area contributed by atoms with Gasteiger partial charge in [0.05, 0.1) is 5.92 Å². The van der Waals surface area contributed by atoms with Gasteiger partial charge in [-0.15, -0.1) is 0 Å². The van der Waals surface area contributed by atoms with Crippen molar-refractivity contribution in [3.63, 3.8) is 0 Å². The van der Waals surface area contributed by atoms with Crippen LogP contribution in [0.5, 0.6) is 0 Å². The van der Waals surface area contributed by atoms with Gasteiger partial charge >= 0.3 is 11.9 Å². The maximum Gasteiger partial charge on any atom is 0.324 e. The lowest BCUT2D eigenvalue weighted by Crippen LogP contribution is -2.48. The average molecular weight is 414 g/mol. The summed E-state index contributed by atoms with van der Waals surface area (Å²) in [5.41, 5.74) is 0.740. The highest BCUT2D eigenvalue weighted by Gasteiger charge is 2.71. The third-order valence-corrected chi connectivity index (χ3v) is 8.22. The smallest absolute Gasteiger partial charge is 0.324 e. The van der Waals surface area contributed by atoms with Crippen LogP contribution in [0.2, 0.25) is 0 Å². The number of hydrogen-bond acceptors (Lipinski definition) is 6. The Morgan fingerprint density at radius 1 is 1.27 bits per heavy atom. The number of cyclic esters (lactones) is 1. The van der Waals surface area contributed by atoms with Gasteiger partial charge < -0.3 is 14.3 Å². The summed E-state index contributed by atoms with van der Waals surface area (Å²) in [7, 11) is 0. The highest BCUT2D eigenvalue weighted by molar-refractivity contribution is 5.79. The molecule has 1 aliphatic heterocycles. The summed E-state index contributed by atoms with van der Waals surface area (Å²) in [6, 6.07) is 9.17. The van der Waals surface area contributed by atoms with E-state index in [1.54, 1.807) is 0 Å². The first-order valence-electron chi connectivity index (χ1n) is 10.9. The van der Waals surface area contributed by atoms with E-state index in [1.165, 1.54) is 0 Å². The Kier molecular flexibility index (Phi) is 5.47. The van der Waals surface area contributed by atoms with Crippen LogP contribution in [0.3, 0.4) is 0 Å². The molecule has 2 saturated carbocycles. The summed E-state index contributed by atoms with van der Waals surface area (Å²) in [6.45, 7) is 6.91. The van der Waals surface area contributed by atoms with Crippen molar-refractivity contribution in [2.24, 2.45) is 28.6 Å². The van der Waals surface area contributed by atoms with Crippen LogP contribution in [0.25, 0.3) is 0 Å². The van der Waals surface area contributed by atoms with E-state index in [4.69, 9.17) is 9.47 Å². The second-order valence-electron chi connectivity index (χ2n) is 9.75. The molecule has 0 amide bonds.